The second-order valence-electron chi connectivity index (χ2n) is 16.9. The molecule has 1 heterocycles. The van der Waals surface area contributed by atoms with Gasteiger partial charge in [0.25, 0.3) is 0 Å². The molecule has 9 heteroatoms. The fourth-order valence-electron chi connectivity index (χ4n) is 7.38. The maximum Gasteiger partial charge on any atom is 0.306 e. The molecule has 1 rings (SSSR count). The van der Waals surface area contributed by atoms with Crippen molar-refractivity contribution in [2.75, 3.05) is 26.4 Å². The second-order valence-corrected chi connectivity index (χ2v) is 16.9. The highest BCUT2D eigenvalue weighted by atomic mass is 16.7. The molecule has 60 heavy (non-hydrogen) atoms. The number of rotatable bonds is 42. The Balaban J connectivity index is 2.22. The Morgan fingerprint density at radius 2 is 1.02 bits per heavy atom. The third kappa shape index (κ3) is 32.8. The van der Waals surface area contributed by atoms with Crippen LogP contribution in [-0.4, -0.2) is 89.6 Å². The van der Waals surface area contributed by atoms with Gasteiger partial charge in [0.1, 0.15) is 30.5 Å². The van der Waals surface area contributed by atoms with Gasteiger partial charge in [0.05, 0.1) is 19.8 Å². The van der Waals surface area contributed by atoms with Gasteiger partial charge in [-0.05, 0) is 70.6 Å². The van der Waals surface area contributed by atoms with Crippen molar-refractivity contribution >= 4 is 5.97 Å². The highest BCUT2D eigenvalue weighted by Crippen LogP contribution is 2.23. The van der Waals surface area contributed by atoms with Crippen LogP contribution in [-0.2, 0) is 23.7 Å². The van der Waals surface area contributed by atoms with Gasteiger partial charge in [0, 0.05) is 13.0 Å². The summed E-state index contributed by atoms with van der Waals surface area (Å²) >= 11 is 0. The molecule has 1 fully saturated rings. The molecular formula is C51H92O9. The summed E-state index contributed by atoms with van der Waals surface area (Å²) in [7, 11) is 0. The molecule has 0 saturated carbocycles. The Kier molecular flexibility index (Phi) is 39.7. The topological polar surface area (TPSA) is 135 Å². The Bertz CT molecular complexity index is 1060. The first-order chi connectivity index (χ1) is 29.4. The van der Waals surface area contributed by atoms with Gasteiger partial charge < -0.3 is 39.4 Å². The van der Waals surface area contributed by atoms with Gasteiger partial charge in [-0.1, -0.05) is 178 Å². The highest BCUT2D eigenvalue weighted by Gasteiger charge is 2.44. The van der Waals surface area contributed by atoms with Crippen molar-refractivity contribution in [3.63, 3.8) is 0 Å². The lowest BCUT2D eigenvalue weighted by atomic mass is 9.99. The monoisotopic (exact) mass is 849 g/mol. The lowest BCUT2D eigenvalue weighted by Crippen LogP contribution is -2.59. The number of allylic oxidation sites excluding steroid dienone is 8. The number of hydrogen-bond donors (Lipinski definition) is 4. The first-order valence-corrected chi connectivity index (χ1v) is 24.7. The molecule has 1 saturated heterocycles. The molecule has 0 radical (unpaired) electrons. The van der Waals surface area contributed by atoms with E-state index in [9.17, 15) is 25.2 Å². The normalized spacial score (nSPS) is 20.4. The van der Waals surface area contributed by atoms with Crippen LogP contribution in [0.4, 0.5) is 0 Å². The summed E-state index contributed by atoms with van der Waals surface area (Å²) in [6, 6.07) is 0. The van der Waals surface area contributed by atoms with Gasteiger partial charge in [0.2, 0.25) is 0 Å². The Labute approximate surface area is 367 Å². The quantitative estimate of drug-likeness (QED) is 0.0269. The molecule has 0 amide bonds. The van der Waals surface area contributed by atoms with E-state index < -0.39 is 43.4 Å². The molecule has 6 atom stereocenters. The summed E-state index contributed by atoms with van der Waals surface area (Å²) in [5.74, 6) is -0.323. The van der Waals surface area contributed by atoms with Gasteiger partial charge >= 0.3 is 5.97 Å². The maximum atomic E-state index is 12.8. The molecule has 1 aliphatic rings. The predicted molar refractivity (Wildman–Crippen MR) is 247 cm³/mol. The molecule has 0 aliphatic carbocycles. The van der Waals surface area contributed by atoms with Gasteiger partial charge in [-0.25, -0.2) is 0 Å². The van der Waals surface area contributed by atoms with Crippen LogP contribution in [0.5, 0.6) is 0 Å². The van der Waals surface area contributed by atoms with E-state index in [2.05, 4.69) is 62.5 Å². The fraction of sp³-hybridized carbons (Fsp3) is 0.824. The first kappa shape index (κ1) is 56.2. The lowest BCUT2D eigenvalue weighted by molar-refractivity contribution is -0.305. The first-order valence-electron chi connectivity index (χ1n) is 24.7. The van der Waals surface area contributed by atoms with Crippen LogP contribution in [0.3, 0.4) is 0 Å². The summed E-state index contributed by atoms with van der Waals surface area (Å²) < 4.78 is 22.9. The summed E-state index contributed by atoms with van der Waals surface area (Å²) in [6.45, 7) is 4.45. The van der Waals surface area contributed by atoms with Crippen LogP contribution in [0, 0.1) is 0 Å². The minimum absolute atomic E-state index is 0.118. The third-order valence-electron chi connectivity index (χ3n) is 11.2. The van der Waals surface area contributed by atoms with Crippen LogP contribution in [0.2, 0.25) is 0 Å². The summed E-state index contributed by atoms with van der Waals surface area (Å²) in [5, 5.41) is 40.2. The number of unbranched alkanes of at least 4 members (excludes halogenated alkanes) is 23. The third-order valence-corrected chi connectivity index (χ3v) is 11.2. The number of ether oxygens (including phenoxy) is 4. The number of hydrogen-bond acceptors (Lipinski definition) is 9. The average molecular weight is 849 g/mol. The van der Waals surface area contributed by atoms with E-state index in [-0.39, 0.29) is 19.2 Å². The zero-order chi connectivity index (χ0) is 43.6. The van der Waals surface area contributed by atoms with Crippen molar-refractivity contribution in [1.29, 1.82) is 0 Å². The van der Waals surface area contributed by atoms with Crippen molar-refractivity contribution in [2.45, 2.75) is 243 Å². The molecule has 1 aliphatic heterocycles. The summed E-state index contributed by atoms with van der Waals surface area (Å²) in [4.78, 5) is 12.8. The van der Waals surface area contributed by atoms with Crippen LogP contribution >= 0.6 is 0 Å². The minimum Gasteiger partial charge on any atom is -0.457 e. The number of carbonyl (C=O) groups is 1. The Morgan fingerprint density at radius 1 is 0.550 bits per heavy atom. The Hall–Kier alpha value is -1.85. The minimum atomic E-state index is -1.54. The van der Waals surface area contributed by atoms with Crippen LogP contribution < -0.4 is 0 Å². The van der Waals surface area contributed by atoms with Crippen molar-refractivity contribution in [3.8, 4) is 0 Å². The van der Waals surface area contributed by atoms with Gasteiger partial charge in [-0.15, -0.1) is 0 Å². The standard InChI is InChI=1S/C51H92O9/c1-3-5-7-9-11-13-15-17-19-21-22-23-25-27-29-31-33-35-37-39-41-57-43-45(44-58-51-50(56)49(55)48(54)46(42-52)60-51)59-47(53)40-38-36-34-32-30-28-26-24-20-18-16-14-12-10-8-6-4-2/h6,8,12,14,17-20,45-46,48-52,54-56H,3-5,7,9-11,13,15-16,21-44H2,1-2H3/b8-6-,14-12-,19-17-,20-18-. The number of carbonyl (C=O) groups excluding carboxylic acids is 1. The van der Waals surface area contributed by atoms with Crippen LogP contribution in [0.15, 0.2) is 48.6 Å². The molecule has 0 aromatic heterocycles. The van der Waals surface area contributed by atoms with E-state index in [0.29, 0.717) is 13.0 Å². The van der Waals surface area contributed by atoms with Gasteiger partial charge in [-0.3, -0.25) is 4.79 Å². The van der Waals surface area contributed by atoms with Crippen molar-refractivity contribution in [2.24, 2.45) is 0 Å². The van der Waals surface area contributed by atoms with Crippen LogP contribution in [0.25, 0.3) is 0 Å². The molecule has 0 spiro atoms. The van der Waals surface area contributed by atoms with Crippen molar-refractivity contribution in [3.05, 3.63) is 48.6 Å². The van der Waals surface area contributed by atoms with Gasteiger partial charge in [-0.2, -0.15) is 0 Å². The van der Waals surface area contributed by atoms with E-state index in [4.69, 9.17) is 18.9 Å². The molecule has 6 unspecified atom stereocenters. The maximum absolute atomic E-state index is 12.8. The fourth-order valence-corrected chi connectivity index (χ4v) is 7.38. The van der Waals surface area contributed by atoms with E-state index >= 15 is 0 Å². The molecular weight excluding hydrogens is 757 g/mol. The SMILES string of the molecule is CC/C=C\C/C=C\C/C=C\CCCCCCCCCC(=O)OC(COCCCCCCCCCCCC/C=C\CCCCCCCC)COC1OC(CO)C(O)C(O)C1O. The van der Waals surface area contributed by atoms with E-state index in [1.54, 1.807) is 0 Å². The Morgan fingerprint density at radius 3 is 1.55 bits per heavy atom. The largest absolute Gasteiger partial charge is 0.457 e. The smallest absolute Gasteiger partial charge is 0.306 e. The summed E-state index contributed by atoms with van der Waals surface area (Å²) in [5.41, 5.74) is 0. The van der Waals surface area contributed by atoms with Crippen molar-refractivity contribution in [1.82, 2.24) is 0 Å². The molecule has 4 N–H and O–H groups in total. The molecule has 9 nitrogen and oxygen atoms in total. The van der Waals surface area contributed by atoms with E-state index in [1.807, 2.05) is 0 Å². The van der Waals surface area contributed by atoms with Crippen LogP contribution in [0.1, 0.15) is 206 Å². The summed E-state index contributed by atoms with van der Waals surface area (Å²) in [6.07, 6.45) is 45.7. The van der Waals surface area contributed by atoms with E-state index in [0.717, 1.165) is 64.2 Å². The van der Waals surface area contributed by atoms with Gasteiger partial charge in [0.15, 0.2) is 6.29 Å². The highest BCUT2D eigenvalue weighted by molar-refractivity contribution is 5.69. The molecule has 0 bridgehead atoms. The van der Waals surface area contributed by atoms with E-state index in [1.165, 1.54) is 122 Å². The number of esters is 1. The number of aliphatic hydroxyl groups is 4. The zero-order valence-corrected chi connectivity index (χ0v) is 38.5. The molecule has 0 aromatic carbocycles. The zero-order valence-electron chi connectivity index (χ0n) is 38.5. The molecule has 0 aromatic rings. The number of aliphatic hydroxyl groups excluding tert-OH is 4. The lowest BCUT2D eigenvalue weighted by Gasteiger charge is -2.39. The predicted octanol–water partition coefficient (Wildman–Crippen LogP) is 11.7. The second kappa shape index (κ2) is 42.5. The average Bonchev–Trinajstić information content (AvgIpc) is 3.25. The molecule has 350 valence electrons. The van der Waals surface area contributed by atoms with Crippen molar-refractivity contribution < 1.29 is 44.2 Å².